The van der Waals surface area contributed by atoms with E-state index in [0.717, 1.165) is 6.20 Å². The Morgan fingerprint density at radius 1 is 1.62 bits per heavy atom. The summed E-state index contributed by atoms with van der Waals surface area (Å²) in [5.74, 6) is -0.603. The Balaban J connectivity index is 3.43. The Kier molecular flexibility index (Phi) is 2.42. The summed E-state index contributed by atoms with van der Waals surface area (Å²) in [5, 5.41) is 17.6. The van der Waals surface area contributed by atoms with Crippen LogP contribution < -0.4 is 0 Å². The van der Waals surface area contributed by atoms with Gasteiger partial charge in [-0.05, 0) is 6.92 Å². The molecule has 1 rings (SSSR count). The minimum atomic E-state index is -2.86. The minimum absolute atomic E-state index is 0.0919. The highest BCUT2D eigenvalue weighted by Crippen LogP contribution is 2.32. The first kappa shape index (κ1) is 9.39. The van der Waals surface area contributed by atoms with Gasteiger partial charge in [-0.3, -0.25) is 4.98 Å². The minimum Gasteiger partial charge on any atom is -0.505 e. The molecule has 68 valence electrons. The molecule has 0 aromatic carbocycles. The summed E-state index contributed by atoms with van der Waals surface area (Å²) in [7, 11) is 0. The fourth-order valence-corrected chi connectivity index (χ4v) is 0.925. The molecule has 13 heavy (non-hydrogen) atoms. The molecule has 1 aromatic heterocycles. The van der Waals surface area contributed by atoms with Crippen LogP contribution in [0.1, 0.15) is 23.2 Å². The molecule has 0 amide bonds. The maximum Gasteiger partial charge on any atom is 0.268 e. The van der Waals surface area contributed by atoms with E-state index < -0.39 is 17.7 Å². The molecule has 0 saturated heterocycles. The van der Waals surface area contributed by atoms with Crippen molar-refractivity contribution in [2.75, 3.05) is 0 Å². The van der Waals surface area contributed by atoms with Crippen LogP contribution in [0.3, 0.4) is 0 Å². The average molecular weight is 184 g/mol. The van der Waals surface area contributed by atoms with Gasteiger partial charge in [0.05, 0.1) is 16.8 Å². The number of pyridine rings is 1. The lowest BCUT2D eigenvalue weighted by Crippen LogP contribution is -1.95. The van der Waals surface area contributed by atoms with Gasteiger partial charge in [-0.2, -0.15) is 5.26 Å². The zero-order valence-corrected chi connectivity index (χ0v) is 6.75. The van der Waals surface area contributed by atoms with E-state index >= 15 is 0 Å². The Bertz CT molecular complexity index is 371. The SMILES string of the molecule is Cc1ncc(C#N)c(C(F)F)c1O. The molecule has 1 N–H and O–H groups in total. The van der Waals surface area contributed by atoms with Crippen LogP contribution in [0.5, 0.6) is 5.75 Å². The zero-order chi connectivity index (χ0) is 10.0. The van der Waals surface area contributed by atoms with Crippen molar-refractivity contribution < 1.29 is 13.9 Å². The van der Waals surface area contributed by atoms with Crippen LogP contribution in [0.25, 0.3) is 0 Å². The van der Waals surface area contributed by atoms with Crippen LogP contribution in [0, 0.1) is 18.3 Å². The van der Waals surface area contributed by atoms with Crippen LogP contribution in [0.2, 0.25) is 0 Å². The maximum absolute atomic E-state index is 12.3. The third-order valence-electron chi connectivity index (χ3n) is 1.61. The summed E-state index contributed by atoms with van der Waals surface area (Å²) in [4.78, 5) is 3.59. The molecule has 0 spiro atoms. The molecule has 0 saturated carbocycles. The third kappa shape index (κ3) is 1.56. The van der Waals surface area contributed by atoms with Gasteiger partial charge >= 0.3 is 0 Å². The number of nitrogens with zero attached hydrogens (tertiary/aromatic N) is 2. The van der Waals surface area contributed by atoms with Crippen molar-refractivity contribution in [2.45, 2.75) is 13.3 Å². The van der Waals surface area contributed by atoms with Crippen molar-refractivity contribution in [3.05, 3.63) is 23.0 Å². The van der Waals surface area contributed by atoms with Crippen molar-refractivity contribution >= 4 is 0 Å². The summed E-state index contributed by atoms with van der Waals surface area (Å²) < 4.78 is 24.6. The van der Waals surface area contributed by atoms with Gasteiger partial charge in [0.1, 0.15) is 11.8 Å². The number of aryl methyl sites for hydroxylation is 1. The molecule has 0 fully saturated rings. The largest absolute Gasteiger partial charge is 0.505 e. The lowest BCUT2D eigenvalue weighted by Gasteiger charge is -2.06. The second-order valence-corrected chi connectivity index (χ2v) is 2.43. The highest BCUT2D eigenvalue weighted by Gasteiger charge is 2.19. The van der Waals surface area contributed by atoms with E-state index in [0.29, 0.717) is 0 Å². The van der Waals surface area contributed by atoms with Crippen LogP contribution in [-0.4, -0.2) is 10.1 Å². The molecule has 0 aliphatic rings. The molecule has 0 aliphatic heterocycles. The molecular weight excluding hydrogens is 178 g/mol. The summed E-state index contributed by atoms with van der Waals surface area (Å²) in [6.45, 7) is 1.39. The van der Waals surface area contributed by atoms with Gasteiger partial charge < -0.3 is 5.11 Å². The van der Waals surface area contributed by atoms with Crippen molar-refractivity contribution in [3.63, 3.8) is 0 Å². The smallest absolute Gasteiger partial charge is 0.268 e. The van der Waals surface area contributed by atoms with E-state index in [2.05, 4.69) is 4.98 Å². The molecule has 0 aliphatic carbocycles. The molecule has 3 nitrogen and oxygen atoms in total. The average Bonchev–Trinajstić information content (AvgIpc) is 2.08. The monoisotopic (exact) mass is 184 g/mol. The second-order valence-electron chi connectivity index (χ2n) is 2.43. The number of hydrogen-bond acceptors (Lipinski definition) is 3. The van der Waals surface area contributed by atoms with Gasteiger partial charge in [0.2, 0.25) is 0 Å². The zero-order valence-electron chi connectivity index (χ0n) is 6.75. The molecule has 0 bridgehead atoms. The molecule has 0 radical (unpaired) electrons. The fourth-order valence-electron chi connectivity index (χ4n) is 0.925. The Morgan fingerprint density at radius 3 is 2.69 bits per heavy atom. The predicted molar refractivity (Wildman–Crippen MR) is 40.3 cm³/mol. The molecule has 0 atom stereocenters. The number of nitriles is 1. The van der Waals surface area contributed by atoms with Gasteiger partial charge in [-0.25, -0.2) is 8.78 Å². The van der Waals surface area contributed by atoms with E-state index in [1.165, 1.54) is 6.92 Å². The topological polar surface area (TPSA) is 56.9 Å². The molecule has 5 heteroatoms. The lowest BCUT2D eigenvalue weighted by atomic mass is 10.1. The summed E-state index contributed by atoms with van der Waals surface area (Å²) in [6, 6.07) is 1.54. The van der Waals surface area contributed by atoms with Crippen molar-refractivity contribution in [2.24, 2.45) is 0 Å². The van der Waals surface area contributed by atoms with Gasteiger partial charge in [0, 0.05) is 6.20 Å². The van der Waals surface area contributed by atoms with Crippen LogP contribution in [0.15, 0.2) is 6.20 Å². The predicted octanol–water partition coefficient (Wildman–Crippen LogP) is 1.90. The number of alkyl halides is 2. The number of rotatable bonds is 1. The molecule has 1 aromatic rings. The van der Waals surface area contributed by atoms with E-state index in [4.69, 9.17) is 5.26 Å². The number of aromatic nitrogens is 1. The molecule has 0 unspecified atom stereocenters. The summed E-state index contributed by atoms with van der Waals surface area (Å²) in [6.07, 6.45) is -1.84. The van der Waals surface area contributed by atoms with Gasteiger partial charge in [-0.15, -0.1) is 0 Å². The molecular formula is C8H6F2N2O. The Morgan fingerprint density at radius 2 is 2.23 bits per heavy atom. The first-order valence-electron chi connectivity index (χ1n) is 3.44. The van der Waals surface area contributed by atoms with Gasteiger partial charge in [0.15, 0.2) is 0 Å². The highest BCUT2D eigenvalue weighted by atomic mass is 19.3. The van der Waals surface area contributed by atoms with E-state index in [-0.39, 0.29) is 11.3 Å². The third-order valence-corrected chi connectivity index (χ3v) is 1.61. The van der Waals surface area contributed by atoms with E-state index in [1.807, 2.05) is 0 Å². The van der Waals surface area contributed by atoms with Crippen molar-refractivity contribution in [1.29, 1.82) is 5.26 Å². The highest BCUT2D eigenvalue weighted by molar-refractivity contribution is 5.47. The Labute approximate surface area is 73.3 Å². The lowest BCUT2D eigenvalue weighted by molar-refractivity contribution is 0.146. The molecule has 1 heterocycles. The van der Waals surface area contributed by atoms with Crippen molar-refractivity contribution in [3.8, 4) is 11.8 Å². The first-order valence-corrected chi connectivity index (χ1v) is 3.44. The first-order chi connectivity index (χ1) is 6.07. The summed E-state index contributed by atoms with van der Waals surface area (Å²) >= 11 is 0. The quantitative estimate of drug-likeness (QED) is 0.725. The Hall–Kier alpha value is -1.70. The fraction of sp³-hybridized carbons (Fsp3) is 0.250. The number of hydrogen-bond donors (Lipinski definition) is 1. The maximum atomic E-state index is 12.3. The second kappa shape index (κ2) is 3.35. The normalized spacial score (nSPS) is 10.1. The van der Waals surface area contributed by atoms with Crippen molar-refractivity contribution in [1.82, 2.24) is 4.98 Å². The van der Waals surface area contributed by atoms with E-state index in [1.54, 1.807) is 6.07 Å². The number of halogens is 2. The number of aromatic hydroxyl groups is 1. The standard InChI is InChI=1S/C8H6F2N2O/c1-4-7(13)6(8(9)10)5(2-11)3-12-4/h3,8,13H,1H3. The van der Waals surface area contributed by atoms with Gasteiger partial charge in [0.25, 0.3) is 6.43 Å². The van der Waals surface area contributed by atoms with E-state index in [9.17, 15) is 13.9 Å². The summed E-state index contributed by atoms with van der Waals surface area (Å²) in [5.41, 5.74) is -0.845. The van der Waals surface area contributed by atoms with Crippen LogP contribution in [-0.2, 0) is 0 Å². The van der Waals surface area contributed by atoms with Crippen LogP contribution >= 0.6 is 0 Å². The van der Waals surface area contributed by atoms with Crippen LogP contribution in [0.4, 0.5) is 8.78 Å². The van der Waals surface area contributed by atoms with Gasteiger partial charge in [-0.1, -0.05) is 0 Å².